The van der Waals surface area contributed by atoms with Gasteiger partial charge in [0.25, 0.3) is 5.91 Å². The molecule has 2 unspecified atom stereocenters. The summed E-state index contributed by atoms with van der Waals surface area (Å²) < 4.78 is 11.0. The van der Waals surface area contributed by atoms with Crippen molar-refractivity contribution in [3.8, 4) is 0 Å². The van der Waals surface area contributed by atoms with Crippen LogP contribution in [-0.2, 0) is 9.47 Å². The number of hydrogen-bond acceptors (Lipinski definition) is 4. The average Bonchev–Trinajstić information content (AvgIpc) is 3.47. The molecule has 1 N–H and O–H groups in total. The van der Waals surface area contributed by atoms with Gasteiger partial charge in [0.15, 0.2) is 0 Å². The number of rotatable bonds is 5. The Labute approximate surface area is 147 Å². The lowest BCUT2D eigenvalue weighted by Crippen LogP contribution is -2.36. The minimum absolute atomic E-state index is 0.0594. The Morgan fingerprint density at radius 1 is 1.04 bits per heavy atom. The SMILES string of the molecule is O=C(NCC1OC1c1ccccc1)c1ccc(N2CCOCC2)cc1. The van der Waals surface area contributed by atoms with Crippen LogP contribution in [0, 0.1) is 0 Å². The van der Waals surface area contributed by atoms with Crippen molar-refractivity contribution in [2.24, 2.45) is 0 Å². The first kappa shape index (κ1) is 16.1. The van der Waals surface area contributed by atoms with E-state index in [1.807, 2.05) is 42.5 Å². The van der Waals surface area contributed by atoms with Crippen molar-refractivity contribution in [1.82, 2.24) is 5.32 Å². The van der Waals surface area contributed by atoms with Gasteiger partial charge in [0.1, 0.15) is 12.2 Å². The van der Waals surface area contributed by atoms with Crippen LogP contribution in [0.1, 0.15) is 22.0 Å². The Bertz CT molecular complexity index is 711. The van der Waals surface area contributed by atoms with Gasteiger partial charge in [-0.2, -0.15) is 0 Å². The van der Waals surface area contributed by atoms with E-state index in [9.17, 15) is 4.79 Å². The number of carbonyl (C=O) groups excluding carboxylic acids is 1. The molecule has 25 heavy (non-hydrogen) atoms. The van der Waals surface area contributed by atoms with E-state index in [0.29, 0.717) is 12.1 Å². The van der Waals surface area contributed by atoms with Gasteiger partial charge in [0.2, 0.25) is 0 Å². The van der Waals surface area contributed by atoms with E-state index in [0.717, 1.165) is 37.6 Å². The number of anilines is 1. The van der Waals surface area contributed by atoms with Gasteiger partial charge in [0.05, 0.1) is 13.2 Å². The second-order valence-electron chi connectivity index (χ2n) is 6.36. The minimum Gasteiger partial charge on any atom is -0.378 e. The fourth-order valence-corrected chi connectivity index (χ4v) is 3.17. The molecule has 1 amide bonds. The normalized spacial score (nSPS) is 22.5. The first-order chi connectivity index (χ1) is 12.3. The van der Waals surface area contributed by atoms with Gasteiger partial charge in [-0.25, -0.2) is 0 Å². The lowest BCUT2D eigenvalue weighted by atomic mass is 10.1. The van der Waals surface area contributed by atoms with Gasteiger partial charge < -0.3 is 19.7 Å². The molecule has 0 saturated carbocycles. The number of benzene rings is 2. The molecule has 2 fully saturated rings. The van der Waals surface area contributed by atoms with Gasteiger partial charge in [-0.15, -0.1) is 0 Å². The number of epoxide rings is 1. The highest BCUT2D eigenvalue weighted by atomic mass is 16.6. The zero-order valence-electron chi connectivity index (χ0n) is 14.1. The Hall–Kier alpha value is -2.37. The second kappa shape index (κ2) is 7.25. The average molecular weight is 338 g/mol. The third kappa shape index (κ3) is 3.83. The molecule has 0 aromatic heterocycles. The van der Waals surface area contributed by atoms with Gasteiger partial charge >= 0.3 is 0 Å². The number of amides is 1. The molecule has 2 aromatic rings. The third-order valence-corrected chi connectivity index (χ3v) is 4.68. The molecule has 0 bridgehead atoms. The molecule has 2 aromatic carbocycles. The third-order valence-electron chi connectivity index (χ3n) is 4.68. The quantitative estimate of drug-likeness (QED) is 0.851. The molecule has 2 saturated heterocycles. The molecular weight excluding hydrogens is 316 g/mol. The summed E-state index contributed by atoms with van der Waals surface area (Å²) in [5.74, 6) is -0.0594. The van der Waals surface area contributed by atoms with Crippen molar-refractivity contribution in [1.29, 1.82) is 0 Å². The zero-order valence-corrected chi connectivity index (χ0v) is 14.1. The standard InChI is InChI=1S/C20H22N2O3/c23-20(21-14-18-19(25-18)15-4-2-1-3-5-15)16-6-8-17(9-7-16)22-10-12-24-13-11-22/h1-9,18-19H,10-14H2,(H,21,23). The number of nitrogens with zero attached hydrogens (tertiary/aromatic N) is 1. The number of morpholine rings is 1. The molecule has 5 heteroatoms. The summed E-state index contributed by atoms with van der Waals surface area (Å²) in [6.07, 6.45) is 0.171. The summed E-state index contributed by atoms with van der Waals surface area (Å²) in [5.41, 5.74) is 2.97. The van der Waals surface area contributed by atoms with Crippen molar-refractivity contribution < 1.29 is 14.3 Å². The van der Waals surface area contributed by atoms with Crippen molar-refractivity contribution in [3.05, 3.63) is 65.7 Å². The molecular formula is C20H22N2O3. The van der Waals surface area contributed by atoms with E-state index in [4.69, 9.17) is 9.47 Å². The molecule has 0 radical (unpaired) electrons. The first-order valence-corrected chi connectivity index (χ1v) is 8.72. The predicted molar refractivity (Wildman–Crippen MR) is 95.9 cm³/mol. The summed E-state index contributed by atoms with van der Waals surface area (Å²) in [7, 11) is 0. The number of nitrogens with one attached hydrogen (secondary N) is 1. The van der Waals surface area contributed by atoms with Gasteiger partial charge in [-0.05, 0) is 29.8 Å². The number of ether oxygens (including phenoxy) is 2. The Morgan fingerprint density at radius 2 is 1.76 bits per heavy atom. The fourth-order valence-electron chi connectivity index (χ4n) is 3.17. The molecule has 4 rings (SSSR count). The smallest absolute Gasteiger partial charge is 0.251 e. The molecule has 5 nitrogen and oxygen atoms in total. The Kier molecular flexibility index (Phi) is 4.68. The van der Waals surface area contributed by atoms with Crippen LogP contribution in [0.2, 0.25) is 0 Å². The first-order valence-electron chi connectivity index (χ1n) is 8.72. The van der Waals surface area contributed by atoms with Crippen LogP contribution in [0.4, 0.5) is 5.69 Å². The van der Waals surface area contributed by atoms with Crippen LogP contribution < -0.4 is 10.2 Å². The lowest BCUT2D eigenvalue weighted by Gasteiger charge is -2.28. The summed E-state index contributed by atoms with van der Waals surface area (Å²) in [6, 6.07) is 17.9. The molecule has 130 valence electrons. The highest BCUT2D eigenvalue weighted by Crippen LogP contribution is 2.37. The maximum Gasteiger partial charge on any atom is 0.251 e. The van der Waals surface area contributed by atoms with Crippen LogP contribution in [0.25, 0.3) is 0 Å². The van der Waals surface area contributed by atoms with E-state index in [-0.39, 0.29) is 18.1 Å². The van der Waals surface area contributed by atoms with Gasteiger partial charge in [-0.1, -0.05) is 30.3 Å². The van der Waals surface area contributed by atoms with E-state index >= 15 is 0 Å². The predicted octanol–water partition coefficient (Wildman–Crippen LogP) is 2.39. The van der Waals surface area contributed by atoms with E-state index in [1.165, 1.54) is 0 Å². The topological polar surface area (TPSA) is 54.1 Å². The number of carbonyl (C=O) groups is 1. The van der Waals surface area contributed by atoms with E-state index in [2.05, 4.69) is 22.3 Å². The molecule has 2 aliphatic rings. The van der Waals surface area contributed by atoms with Crippen LogP contribution in [0.5, 0.6) is 0 Å². The highest BCUT2D eigenvalue weighted by molar-refractivity contribution is 5.94. The molecule has 2 heterocycles. The zero-order chi connectivity index (χ0) is 17.1. The highest BCUT2D eigenvalue weighted by Gasteiger charge is 2.39. The fraction of sp³-hybridized carbons (Fsp3) is 0.350. The maximum absolute atomic E-state index is 12.3. The van der Waals surface area contributed by atoms with Crippen LogP contribution in [0.3, 0.4) is 0 Å². The minimum atomic E-state index is -0.0594. The summed E-state index contributed by atoms with van der Waals surface area (Å²) in [6.45, 7) is 3.83. The summed E-state index contributed by atoms with van der Waals surface area (Å²) in [5, 5.41) is 2.96. The van der Waals surface area contributed by atoms with Crippen molar-refractivity contribution in [3.63, 3.8) is 0 Å². The van der Waals surface area contributed by atoms with Crippen LogP contribution in [-0.4, -0.2) is 44.9 Å². The van der Waals surface area contributed by atoms with Gasteiger partial charge in [0, 0.05) is 30.9 Å². The van der Waals surface area contributed by atoms with Crippen molar-refractivity contribution >= 4 is 11.6 Å². The van der Waals surface area contributed by atoms with Crippen LogP contribution in [0.15, 0.2) is 54.6 Å². The maximum atomic E-state index is 12.3. The molecule has 0 spiro atoms. The van der Waals surface area contributed by atoms with E-state index in [1.54, 1.807) is 0 Å². The molecule has 0 aliphatic carbocycles. The van der Waals surface area contributed by atoms with Crippen molar-refractivity contribution in [2.45, 2.75) is 12.2 Å². The summed E-state index contributed by atoms with van der Waals surface area (Å²) in [4.78, 5) is 14.6. The monoisotopic (exact) mass is 338 g/mol. The van der Waals surface area contributed by atoms with Crippen LogP contribution >= 0.6 is 0 Å². The molecule has 2 atom stereocenters. The van der Waals surface area contributed by atoms with Gasteiger partial charge in [-0.3, -0.25) is 4.79 Å². The van der Waals surface area contributed by atoms with Crippen molar-refractivity contribution in [2.75, 3.05) is 37.7 Å². The largest absolute Gasteiger partial charge is 0.378 e. The van der Waals surface area contributed by atoms with E-state index < -0.39 is 0 Å². The number of hydrogen-bond donors (Lipinski definition) is 1. The summed E-state index contributed by atoms with van der Waals surface area (Å²) >= 11 is 0. The lowest BCUT2D eigenvalue weighted by molar-refractivity contribution is 0.0950. The Balaban J connectivity index is 1.28. The molecule has 2 aliphatic heterocycles. The second-order valence-corrected chi connectivity index (χ2v) is 6.36. The Morgan fingerprint density at radius 3 is 2.48 bits per heavy atom.